The highest BCUT2D eigenvalue weighted by molar-refractivity contribution is 5.98. The van der Waals surface area contributed by atoms with Crippen molar-refractivity contribution in [2.75, 3.05) is 19.6 Å². The molecule has 0 radical (unpaired) electrons. The van der Waals surface area contributed by atoms with E-state index in [1.54, 1.807) is 4.90 Å². The van der Waals surface area contributed by atoms with Gasteiger partial charge in [-0.3, -0.25) is 14.9 Å². The van der Waals surface area contributed by atoms with E-state index in [2.05, 4.69) is 5.32 Å². The number of halogens is 1. The average molecular weight is 267 g/mol. The van der Waals surface area contributed by atoms with Crippen LogP contribution >= 0.6 is 0 Å². The summed E-state index contributed by atoms with van der Waals surface area (Å²) in [6.07, 6.45) is 0. The molecular weight excluding hydrogens is 253 g/mol. The number of hydrogen-bond donors (Lipinski definition) is 1. The van der Waals surface area contributed by atoms with Crippen LogP contribution < -0.4 is 5.32 Å². The van der Waals surface area contributed by atoms with Gasteiger partial charge in [-0.15, -0.1) is 0 Å². The number of nitro groups is 1. The molecule has 6 nitrogen and oxygen atoms in total. The van der Waals surface area contributed by atoms with Crippen molar-refractivity contribution in [1.82, 2.24) is 10.2 Å². The zero-order valence-electron chi connectivity index (χ0n) is 10.4. The van der Waals surface area contributed by atoms with Crippen LogP contribution in [0.4, 0.5) is 10.1 Å². The van der Waals surface area contributed by atoms with Crippen molar-refractivity contribution in [3.8, 4) is 0 Å². The van der Waals surface area contributed by atoms with Gasteiger partial charge in [0.1, 0.15) is 11.4 Å². The second-order valence-corrected chi connectivity index (χ2v) is 4.52. The Morgan fingerprint density at radius 1 is 1.58 bits per heavy atom. The zero-order valence-corrected chi connectivity index (χ0v) is 10.4. The van der Waals surface area contributed by atoms with E-state index < -0.39 is 22.3 Å². The number of carbonyl (C=O) groups is 1. The molecule has 0 aliphatic carbocycles. The molecule has 1 N–H and O–H groups in total. The van der Waals surface area contributed by atoms with Crippen molar-refractivity contribution in [3.63, 3.8) is 0 Å². The third kappa shape index (κ3) is 2.87. The number of nitro benzene ring substituents is 1. The smallest absolute Gasteiger partial charge is 0.285 e. The molecule has 0 bridgehead atoms. The normalized spacial score (nSPS) is 19.3. The lowest BCUT2D eigenvalue weighted by atomic mass is 10.1. The molecule has 1 aliphatic rings. The van der Waals surface area contributed by atoms with Gasteiger partial charge in [-0.25, -0.2) is 4.39 Å². The number of hydrogen-bond acceptors (Lipinski definition) is 4. The first-order valence-corrected chi connectivity index (χ1v) is 5.95. The summed E-state index contributed by atoms with van der Waals surface area (Å²) in [5.41, 5.74) is -0.559. The zero-order chi connectivity index (χ0) is 14.0. The molecule has 7 heteroatoms. The van der Waals surface area contributed by atoms with Gasteiger partial charge in [0.2, 0.25) is 0 Å². The topological polar surface area (TPSA) is 75.5 Å². The largest absolute Gasteiger partial charge is 0.336 e. The summed E-state index contributed by atoms with van der Waals surface area (Å²) in [5, 5.41) is 14.1. The van der Waals surface area contributed by atoms with Crippen molar-refractivity contribution in [1.29, 1.82) is 0 Å². The van der Waals surface area contributed by atoms with Gasteiger partial charge < -0.3 is 10.2 Å². The number of rotatable bonds is 2. The lowest BCUT2D eigenvalue weighted by molar-refractivity contribution is -0.385. The Hall–Kier alpha value is -2.02. The fraction of sp³-hybridized carbons (Fsp3) is 0.417. The standard InChI is InChI=1S/C12H14FN3O3/c1-8-7-15(5-4-14-8)12(17)10-3-2-9(13)6-11(10)16(18)19/h2-3,6,8,14H,4-5,7H2,1H3/t8-/m1/s1. The predicted octanol–water partition coefficient (Wildman–Crippen LogP) is 1.17. The minimum absolute atomic E-state index is 0.0690. The van der Waals surface area contributed by atoms with E-state index in [4.69, 9.17) is 0 Å². The highest BCUT2D eigenvalue weighted by Crippen LogP contribution is 2.22. The molecule has 1 atom stereocenters. The molecule has 0 unspecified atom stereocenters. The molecule has 1 heterocycles. The number of piperazine rings is 1. The Morgan fingerprint density at radius 3 is 2.95 bits per heavy atom. The Morgan fingerprint density at radius 2 is 2.32 bits per heavy atom. The van der Waals surface area contributed by atoms with Gasteiger partial charge in [0.05, 0.1) is 11.0 Å². The molecule has 0 spiro atoms. The molecule has 1 aliphatic heterocycles. The molecule has 1 aromatic carbocycles. The average Bonchev–Trinajstić information content (AvgIpc) is 2.37. The number of nitrogens with zero attached hydrogens (tertiary/aromatic N) is 2. The van der Waals surface area contributed by atoms with Crippen LogP contribution in [0.25, 0.3) is 0 Å². The molecule has 2 rings (SSSR count). The molecule has 102 valence electrons. The fourth-order valence-electron chi connectivity index (χ4n) is 2.12. The van der Waals surface area contributed by atoms with E-state index in [-0.39, 0.29) is 11.6 Å². The maximum atomic E-state index is 13.0. The van der Waals surface area contributed by atoms with E-state index in [1.165, 1.54) is 6.07 Å². The van der Waals surface area contributed by atoms with Crippen LogP contribution in [0.3, 0.4) is 0 Å². The van der Waals surface area contributed by atoms with Gasteiger partial charge in [-0.2, -0.15) is 0 Å². The highest BCUT2D eigenvalue weighted by atomic mass is 19.1. The summed E-state index contributed by atoms with van der Waals surface area (Å²) in [6.45, 7) is 3.53. The van der Waals surface area contributed by atoms with Crippen LogP contribution in [0.5, 0.6) is 0 Å². The highest BCUT2D eigenvalue weighted by Gasteiger charge is 2.27. The fourth-order valence-corrected chi connectivity index (χ4v) is 2.12. The molecule has 1 fully saturated rings. The maximum Gasteiger partial charge on any atom is 0.285 e. The molecule has 1 amide bonds. The first kappa shape index (κ1) is 13.4. The minimum atomic E-state index is -0.734. The summed E-state index contributed by atoms with van der Waals surface area (Å²) < 4.78 is 13.0. The second-order valence-electron chi connectivity index (χ2n) is 4.52. The molecule has 0 aromatic heterocycles. The van der Waals surface area contributed by atoms with Gasteiger partial charge in [0, 0.05) is 25.7 Å². The number of benzene rings is 1. The minimum Gasteiger partial charge on any atom is -0.336 e. The van der Waals surface area contributed by atoms with Crippen molar-refractivity contribution in [2.45, 2.75) is 13.0 Å². The van der Waals surface area contributed by atoms with Gasteiger partial charge >= 0.3 is 0 Å². The van der Waals surface area contributed by atoms with Crippen molar-refractivity contribution >= 4 is 11.6 Å². The van der Waals surface area contributed by atoms with Crippen LogP contribution in [0.2, 0.25) is 0 Å². The number of carbonyl (C=O) groups excluding carboxylic acids is 1. The SMILES string of the molecule is C[C@@H]1CN(C(=O)c2ccc(F)cc2[N+](=O)[O-])CCN1. The molecular formula is C12H14FN3O3. The van der Waals surface area contributed by atoms with Gasteiger partial charge in [-0.1, -0.05) is 0 Å². The second kappa shape index (κ2) is 5.31. The molecule has 1 aromatic rings. The van der Waals surface area contributed by atoms with Crippen LogP contribution in [0.1, 0.15) is 17.3 Å². The first-order chi connectivity index (χ1) is 8.99. The lowest BCUT2D eigenvalue weighted by Gasteiger charge is -2.31. The quantitative estimate of drug-likeness (QED) is 0.644. The number of nitrogens with one attached hydrogen (secondary N) is 1. The van der Waals surface area contributed by atoms with E-state index in [1.807, 2.05) is 6.92 Å². The van der Waals surface area contributed by atoms with Gasteiger partial charge in [0.25, 0.3) is 11.6 Å². The van der Waals surface area contributed by atoms with Crippen LogP contribution in [-0.2, 0) is 0 Å². The summed E-state index contributed by atoms with van der Waals surface area (Å²) >= 11 is 0. The third-order valence-electron chi connectivity index (χ3n) is 3.04. The van der Waals surface area contributed by atoms with E-state index in [0.29, 0.717) is 19.6 Å². The van der Waals surface area contributed by atoms with Crippen molar-refractivity contribution in [3.05, 3.63) is 39.7 Å². The van der Waals surface area contributed by atoms with Crippen LogP contribution in [-0.4, -0.2) is 41.4 Å². The van der Waals surface area contributed by atoms with Crippen LogP contribution in [0, 0.1) is 15.9 Å². The molecule has 19 heavy (non-hydrogen) atoms. The lowest BCUT2D eigenvalue weighted by Crippen LogP contribution is -2.51. The predicted molar refractivity (Wildman–Crippen MR) is 66.4 cm³/mol. The van der Waals surface area contributed by atoms with E-state index >= 15 is 0 Å². The van der Waals surface area contributed by atoms with Crippen molar-refractivity contribution in [2.24, 2.45) is 0 Å². The summed E-state index contributed by atoms with van der Waals surface area (Å²) in [6, 6.07) is 3.14. The van der Waals surface area contributed by atoms with E-state index in [0.717, 1.165) is 12.1 Å². The van der Waals surface area contributed by atoms with Crippen LogP contribution in [0.15, 0.2) is 18.2 Å². The Balaban J connectivity index is 2.30. The third-order valence-corrected chi connectivity index (χ3v) is 3.04. The molecule has 0 saturated carbocycles. The van der Waals surface area contributed by atoms with Gasteiger partial charge in [-0.05, 0) is 19.1 Å². The van der Waals surface area contributed by atoms with Crippen molar-refractivity contribution < 1.29 is 14.1 Å². The van der Waals surface area contributed by atoms with E-state index in [9.17, 15) is 19.3 Å². The Bertz CT molecular complexity index is 521. The summed E-state index contributed by atoms with van der Waals surface area (Å²) in [5.74, 6) is -1.16. The Kier molecular flexibility index (Phi) is 3.75. The van der Waals surface area contributed by atoms with Gasteiger partial charge in [0.15, 0.2) is 0 Å². The first-order valence-electron chi connectivity index (χ1n) is 5.95. The monoisotopic (exact) mass is 267 g/mol. The Labute approximate surface area is 109 Å². The molecule has 1 saturated heterocycles. The summed E-state index contributed by atoms with van der Waals surface area (Å²) in [4.78, 5) is 23.9. The maximum absolute atomic E-state index is 13.0. The number of amides is 1. The summed E-state index contributed by atoms with van der Waals surface area (Å²) in [7, 11) is 0.